The summed E-state index contributed by atoms with van der Waals surface area (Å²) in [7, 11) is 0. The summed E-state index contributed by atoms with van der Waals surface area (Å²) in [6, 6.07) is 17.3. The van der Waals surface area contributed by atoms with Crippen LogP contribution in [0.4, 0.5) is 5.69 Å². The molecule has 0 aliphatic carbocycles. The van der Waals surface area contributed by atoms with E-state index in [1.165, 1.54) is 0 Å². The predicted molar refractivity (Wildman–Crippen MR) is 112 cm³/mol. The molecule has 152 valence electrons. The minimum Gasteiger partial charge on any atom is -0.379 e. The highest BCUT2D eigenvalue weighted by Crippen LogP contribution is 2.23. The molecule has 2 aromatic carbocycles. The highest BCUT2D eigenvalue weighted by atomic mass is 16.5. The summed E-state index contributed by atoms with van der Waals surface area (Å²) in [5.41, 5.74) is 2.45. The highest BCUT2D eigenvalue weighted by Gasteiger charge is 2.24. The van der Waals surface area contributed by atoms with Crippen LogP contribution in [0.15, 0.2) is 54.6 Å². The Balaban J connectivity index is 1.50. The number of anilines is 1. The summed E-state index contributed by atoms with van der Waals surface area (Å²) in [5, 5.41) is 3.20. The summed E-state index contributed by atoms with van der Waals surface area (Å²) >= 11 is 0. The number of carbonyl (C=O) groups is 2. The molecule has 0 radical (unpaired) electrons. The second-order valence-electron chi connectivity index (χ2n) is 7.55. The molecule has 1 atom stereocenters. The lowest BCUT2D eigenvalue weighted by atomic mass is 10.0. The summed E-state index contributed by atoms with van der Waals surface area (Å²) in [6.45, 7) is 4.64. The number of carbonyl (C=O) groups excluding carboxylic acids is 2. The van der Waals surface area contributed by atoms with E-state index in [1.54, 1.807) is 11.0 Å². The van der Waals surface area contributed by atoms with Gasteiger partial charge in [-0.25, -0.2) is 0 Å². The zero-order chi connectivity index (χ0) is 20.1. The van der Waals surface area contributed by atoms with Gasteiger partial charge in [0.2, 0.25) is 5.91 Å². The highest BCUT2D eigenvalue weighted by molar-refractivity contribution is 5.99. The number of nitrogens with zero attached hydrogens (tertiary/aromatic N) is 2. The Morgan fingerprint density at radius 3 is 2.55 bits per heavy atom. The molecule has 2 saturated heterocycles. The Morgan fingerprint density at radius 1 is 1.03 bits per heavy atom. The van der Waals surface area contributed by atoms with Crippen molar-refractivity contribution in [3.63, 3.8) is 0 Å². The van der Waals surface area contributed by atoms with Gasteiger partial charge in [0.05, 0.1) is 19.3 Å². The van der Waals surface area contributed by atoms with Crippen molar-refractivity contribution in [1.82, 2.24) is 10.2 Å². The summed E-state index contributed by atoms with van der Waals surface area (Å²) < 4.78 is 5.45. The molecule has 2 heterocycles. The minimum atomic E-state index is -0.124. The third kappa shape index (κ3) is 4.83. The van der Waals surface area contributed by atoms with E-state index in [9.17, 15) is 9.59 Å². The van der Waals surface area contributed by atoms with Crippen LogP contribution in [0.2, 0.25) is 0 Å². The first-order valence-electron chi connectivity index (χ1n) is 10.3. The van der Waals surface area contributed by atoms with Gasteiger partial charge < -0.3 is 15.0 Å². The lowest BCUT2D eigenvalue weighted by molar-refractivity contribution is -0.117. The number of rotatable bonds is 6. The lowest BCUT2D eigenvalue weighted by Gasteiger charge is -2.31. The van der Waals surface area contributed by atoms with Crippen molar-refractivity contribution in [2.45, 2.75) is 18.9 Å². The first-order valence-corrected chi connectivity index (χ1v) is 10.3. The Hall–Kier alpha value is -2.70. The molecule has 2 fully saturated rings. The van der Waals surface area contributed by atoms with E-state index in [0.717, 1.165) is 50.5 Å². The van der Waals surface area contributed by atoms with E-state index in [-0.39, 0.29) is 17.9 Å². The number of morpholine rings is 1. The average Bonchev–Trinajstić information content (AvgIpc) is 3.20. The van der Waals surface area contributed by atoms with Crippen LogP contribution in [0.3, 0.4) is 0 Å². The lowest BCUT2D eigenvalue weighted by Crippen LogP contribution is -2.43. The summed E-state index contributed by atoms with van der Waals surface area (Å²) in [6.07, 6.45) is 1.44. The third-order valence-corrected chi connectivity index (χ3v) is 5.55. The van der Waals surface area contributed by atoms with Crippen LogP contribution in [0.25, 0.3) is 0 Å². The molecule has 29 heavy (non-hydrogen) atoms. The number of hydrogen-bond donors (Lipinski definition) is 1. The maximum absolute atomic E-state index is 13.1. The Kier molecular flexibility index (Phi) is 6.22. The van der Waals surface area contributed by atoms with Crippen LogP contribution in [-0.4, -0.2) is 56.1 Å². The molecule has 0 bridgehead atoms. The zero-order valence-corrected chi connectivity index (χ0v) is 16.5. The molecule has 2 aliphatic heterocycles. The molecular weight excluding hydrogens is 366 g/mol. The first-order chi connectivity index (χ1) is 14.2. The van der Waals surface area contributed by atoms with E-state index in [2.05, 4.69) is 10.2 Å². The molecule has 0 spiro atoms. The molecule has 0 unspecified atom stereocenters. The normalized spacial score (nSPS) is 18.6. The van der Waals surface area contributed by atoms with Crippen molar-refractivity contribution in [2.24, 2.45) is 0 Å². The van der Waals surface area contributed by atoms with E-state index in [1.807, 2.05) is 48.5 Å². The Labute approximate surface area is 171 Å². The fourth-order valence-electron chi connectivity index (χ4n) is 3.94. The van der Waals surface area contributed by atoms with Gasteiger partial charge in [-0.3, -0.25) is 14.5 Å². The molecule has 6 nitrogen and oxygen atoms in total. The summed E-state index contributed by atoms with van der Waals surface area (Å²) in [4.78, 5) is 29.2. The zero-order valence-electron chi connectivity index (χ0n) is 16.5. The Bertz CT molecular complexity index is 849. The minimum absolute atomic E-state index is 0.112. The Morgan fingerprint density at radius 2 is 1.83 bits per heavy atom. The molecule has 0 aromatic heterocycles. The topological polar surface area (TPSA) is 61.9 Å². The SMILES string of the molecule is O=C(N[C@H](CN1CCOCC1)c1ccccc1)c1cccc(N2CCCC2=O)c1. The fraction of sp³-hybridized carbons (Fsp3) is 0.391. The molecule has 1 N–H and O–H groups in total. The van der Waals surface area contributed by atoms with Gasteiger partial charge in [-0.1, -0.05) is 36.4 Å². The van der Waals surface area contributed by atoms with Gasteiger partial charge in [-0.15, -0.1) is 0 Å². The smallest absolute Gasteiger partial charge is 0.251 e. The largest absolute Gasteiger partial charge is 0.379 e. The van der Waals surface area contributed by atoms with Crippen molar-refractivity contribution >= 4 is 17.5 Å². The van der Waals surface area contributed by atoms with Gasteiger partial charge in [0.1, 0.15) is 0 Å². The van der Waals surface area contributed by atoms with Crippen molar-refractivity contribution in [2.75, 3.05) is 44.3 Å². The van der Waals surface area contributed by atoms with Crippen molar-refractivity contribution in [1.29, 1.82) is 0 Å². The second-order valence-corrected chi connectivity index (χ2v) is 7.55. The monoisotopic (exact) mass is 393 g/mol. The van der Waals surface area contributed by atoms with Crippen molar-refractivity contribution in [3.05, 3.63) is 65.7 Å². The van der Waals surface area contributed by atoms with E-state index < -0.39 is 0 Å². The predicted octanol–water partition coefficient (Wildman–Crippen LogP) is 2.62. The van der Waals surface area contributed by atoms with Gasteiger partial charge >= 0.3 is 0 Å². The maximum atomic E-state index is 13.1. The van der Waals surface area contributed by atoms with Crippen molar-refractivity contribution in [3.8, 4) is 0 Å². The number of nitrogens with one attached hydrogen (secondary N) is 1. The number of amides is 2. The van der Waals surface area contributed by atoms with Crippen LogP contribution in [-0.2, 0) is 9.53 Å². The van der Waals surface area contributed by atoms with E-state index >= 15 is 0 Å². The van der Waals surface area contributed by atoms with Gasteiger partial charge in [0.15, 0.2) is 0 Å². The molecule has 2 aliphatic rings. The van der Waals surface area contributed by atoms with Gasteiger partial charge in [-0.05, 0) is 30.2 Å². The van der Waals surface area contributed by atoms with E-state index in [4.69, 9.17) is 4.74 Å². The van der Waals surface area contributed by atoms with Crippen LogP contribution in [0.1, 0.15) is 34.8 Å². The van der Waals surface area contributed by atoms with Crippen molar-refractivity contribution < 1.29 is 14.3 Å². The quantitative estimate of drug-likeness (QED) is 0.820. The molecule has 6 heteroatoms. The van der Waals surface area contributed by atoms with Crippen LogP contribution >= 0.6 is 0 Å². The number of hydrogen-bond acceptors (Lipinski definition) is 4. The standard InChI is InChI=1S/C23H27N3O3/c27-22-10-5-11-26(22)20-9-4-8-19(16-20)23(28)24-21(18-6-2-1-3-7-18)17-25-12-14-29-15-13-25/h1-4,6-9,16,21H,5,10-15,17H2,(H,24,28)/t21-/m1/s1. The number of benzene rings is 2. The van der Waals surface area contributed by atoms with Gasteiger partial charge in [0.25, 0.3) is 5.91 Å². The molecular formula is C23H27N3O3. The van der Waals surface area contributed by atoms with Crippen LogP contribution in [0.5, 0.6) is 0 Å². The molecule has 0 saturated carbocycles. The van der Waals surface area contributed by atoms with E-state index in [0.29, 0.717) is 18.5 Å². The van der Waals surface area contributed by atoms with Gasteiger partial charge in [0, 0.05) is 43.9 Å². The maximum Gasteiger partial charge on any atom is 0.251 e. The van der Waals surface area contributed by atoms with Gasteiger partial charge in [-0.2, -0.15) is 0 Å². The second kappa shape index (κ2) is 9.20. The number of ether oxygens (including phenoxy) is 1. The molecule has 2 amide bonds. The third-order valence-electron chi connectivity index (χ3n) is 5.55. The first kappa shape index (κ1) is 19.6. The fourth-order valence-corrected chi connectivity index (χ4v) is 3.94. The average molecular weight is 393 g/mol. The molecule has 2 aromatic rings. The van der Waals surface area contributed by atoms with Crippen LogP contribution in [0, 0.1) is 0 Å². The molecule has 4 rings (SSSR count). The summed E-state index contributed by atoms with van der Waals surface area (Å²) in [5.74, 6) is -0.00218. The van der Waals surface area contributed by atoms with Crippen LogP contribution < -0.4 is 10.2 Å².